The molecule has 0 bridgehead atoms. The van der Waals surface area contributed by atoms with Gasteiger partial charge in [0.05, 0.1) is 9.26 Å². The molecule has 7 heteroatoms. The Morgan fingerprint density at radius 3 is 2.50 bits per heavy atom. The van der Waals surface area contributed by atoms with E-state index in [9.17, 15) is 18.0 Å². The first-order valence-corrected chi connectivity index (χ1v) is 6.80. The molecule has 1 saturated carbocycles. The summed E-state index contributed by atoms with van der Waals surface area (Å²) >= 11 is 1.86. The number of rotatable bonds is 2. The highest BCUT2D eigenvalue weighted by molar-refractivity contribution is 14.1. The van der Waals surface area contributed by atoms with Gasteiger partial charge >= 0.3 is 6.18 Å². The number of alkyl halides is 3. The molecule has 100 valence electrons. The van der Waals surface area contributed by atoms with Crippen molar-refractivity contribution in [2.24, 2.45) is 0 Å². The summed E-state index contributed by atoms with van der Waals surface area (Å²) in [5.41, 5.74) is 0.0721. The first kappa shape index (κ1) is 13.8. The van der Waals surface area contributed by atoms with Crippen molar-refractivity contribution in [2.45, 2.75) is 44.2 Å². The van der Waals surface area contributed by atoms with E-state index in [0.717, 1.165) is 25.7 Å². The van der Waals surface area contributed by atoms with Gasteiger partial charge in [0.2, 0.25) is 0 Å². The largest absolute Gasteiger partial charge is 0.396 e. The predicted octanol–water partition coefficient (Wildman–Crippen LogP) is 3.14. The maximum Gasteiger partial charge on any atom is 0.396 e. The molecule has 0 aromatic carbocycles. The molecule has 18 heavy (non-hydrogen) atoms. The van der Waals surface area contributed by atoms with Crippen LogP contribution in [0.4, 0.5) is 13.2 Å². The van der Waals surface area contributed by atoms with E-state index < -0.39 is 18.2 Å². The average molecular weight is 372 g/mol. The van der Waals surface area contributed by atoms with Gasteiger partial charge in [-0.25, -0.2) is 4.98 Å². The molecule has 1 aliphatic rings. The third-order valence-corrected chi connectivity index (χ3v) is 4.09. The van der Waals surface area contributed by atoms with Crippen molar-refractivity contribution in [2.75, 3.05) is 0 Å². The Kier molecular flexibility index (Phi) is 3.98. The van der Waals surface area contributed by atoms with Crippen LogP contribution in [-0.2, 0) is 6.42 Å². The number of aromatic nitrogens is 2. The second kappa shape index (κ2) is 5.18. The highest BCUT2D eigenvalue weighted by atomic mass is 127. The van der Waals surface area contributed by atoms with E-state index in [1.165, 1.54) is 0 Å². The van der Waals surface area contributed by atoms with Crippen molar-refractivity contribution >= 4 is 22.6 Å². The lowest BCUT2D eigenvalue weighted by Gasteiger charge is -2.13. The van der Waals surface area contributed by atoms with Crippen LogP contribution in [0.25, 0.3) is 0 Å². The zero-order valence-corrected chi connectivity index (χ0v) is 11.6. The van der Waals surface area contributed by atoms with Gasteiger partial charge in [0.1, 0.15) is 12.2 Å². The molecule has 2 rings (SSSR count). The Bertz CT molecular complexity index is 492. The lowest BCUT2D eigenvalue weighted by Crippen LogP contribution is -2.23. The first-order valence-electron chi connectivity index (χ1n) is 5.72. The molecule has 1 fully saturated rings. The predicted molar refractivity (Wildman–Crippen MR) is 68.5 cm³/mol. The molecule has 1 N–H and O–H groups in total. The second-order valence-electron chi connectivity index (χ2n) is 4.49. The minimum atomic E-state index is -4.35. The van der Waals surface area contributed by atoms with Crippen molar-refractivity contribution in [3.63, 3.8) is 0 Å². The highest BCUT2D eigenvalue weighted by Crippen LogP contribution is 2.34. The summed E-state index contributed by atoms with van der Waals surface area (Å²) in [5.74, 6) is -0.152. The summed E-state index contributed by atoms with van der Waals surface area (Å²) in [6.07, 6.45) is -1.64. The summed E-state index contributed by atoms with van der Waals surface area (Å²) < 4.78 is 37.4. The van der Waals surface area contributed by atoms with E-state index in [1.807, 2.05) is 22.6 Å². The molecule has 3 nitrogen and oxygen atoms in total. The Morgan fingerprint density at radius 1 is 1.33 bits per heavy atom. The monoisotopic (exact) mass is 372 g/mol. The smallest absolute Gasteiger partial charge is 0.309 e. The van der Waals surface area contributed by atoms with E-state index in [2.05, 4.69) is 9.97 Å². The van der Waals surface area contributed by atoms with Crippen LogP contribution in [0.1, 0.15) is 43.1 Å². The molecule has 0 spiro atoms. The van der Waals surface area contributed by atoms with Crippen molar-refractivity contribution in [1.29, 1.82) is 0 Å². The molecule has 1 aromatic rings. The maximum absolute atomic E-state index is 12.3. The molecular formula is C11H12F3IN2O. The molecule has 0 amide bonds. The van der Waals surface area contributed by atoms with Crippen molar-refractivity contribution in [3.8, 4) is 0 Å². The zero-order valence-electron chi connectivity index (χ0n) is 9.48. The lowest BCUT2D eigenvalue weighted by atomic mass is 10.0. The van der Waals surface area contributed by atoms with Crippen LogP contribution in [-0.4, -0.2) is 16.1 Å². The van der Waals surface area contributed by atoms with Gasteiger partial charge in [-0.1, -0.05) is 12.8 Å². The molecule has 1 heterocycles. The van der Waals surface area contributed by atoms with E-state index >= 15 is 0 Å². The molecule has 0 unspecified atom stereocenters. The number of halogens is 4. The van der Waals surface area contributed by atoms with Gasteiger partial charge in [-0.15, -0.1) is 0 Å². The number of aromatic amines is 1. The van der Waals surface area contributed by atoms with Crippen LogP contribution >= 0.6 is 22.6 Å². The number of nitrogens with zero attached hydrogens (tertiary/aromatic N) is 1. The number of hydrogen-bond donors (Lipinski definition) is 1. The number of H-pyrrole nitrogens is 1. The molecule has 0 atom stereocenters. The summed E-state index contributed by atoms with van der Waals surface area (Å²) in [4.78, 5) is 17.9. The van der Waals surface area contributed by atoms with Crippen LogP contribution < -0.4 is 5.56 Å². The van der Waals surface area contributed by atoms with Crippen molar-refractivity contribution in [1.82, 2.24) is 9.97 Å². The number of hydrogen-bond acceptors (Lipinski definition) is 2. The van der Waals surface area contributed by atoms with E-state index in [-0.39, 0.29) is 11.7 Å². The van der Waals surface area contributed by atoms with Crippen LogP contribution in [0.15, 0.2) is 4.79 Å². The molecule has 0 saturated heterocycles. The fraction of sp³-hybridized carbons (Fsp3) is 0.636. The quantitative estimate of drug-likeness (QED) is 0.811. The van der Waals surface area contributed by atoms with Gasteiger partial charge in [0, 0.05) is 5.92 Å². The minimum Gasteiger partial charge on any atom is -0.309 e. The fourth-order valence-electron chi connectivity index (χ4n) is 2.27. The summed E-state index contributed by atoms with van der Waals surface area (Å²) in [7, 11) is 0. The lowest BCUT2D eigenvalue weighted by molar-refractivity contribution is -0.128. The SMILES string of the molecule is O=c1[nH]c(CC(F)(F)F)nc(C2CCCC2)c1I. The molecule has 0 radical (unpaired) electrons. The van der Waals surface area contributed by atoms with Gasteiger partial charge in [-0.2, -0.15) is 13.2 Å². The first-order chi connectivity index (χ1) is 8.37. The van der Waals surface area contributed by atoms with Gasteiger partial charge < -0.3 is 4.98 Å². The van der Waals surface area contributed by atoms with E-state index in [4.69, 9.17) is 0 Å². The van der Waals surface area contributed by atoms with E-state index in [0.29, 0.717) is 9.26 Å². The standard InChI is InChI=1S/C11H12F3IN2O/c12-11(13,14)5-7-16-9(6-3-1-2-4-6)8(15)10(18)17-7/h6H,1-5H2,(H,16,17,18). The summed E-state index contributed by atoms with van der Waals surface area (Å²) in [6, 6.07) is 0. The van der Waals surface area contributed by atoms with Crippen LogP contribution in [0.3, 0.4) is 0 Å². The fourth-order valence-corrected chi connectivity index (χ4v) is 2.96. The Hall–Kier alpha value is -0.600. The maximum atomic E-state index is 12.3. The Morgan fingerprint density at radius 2 is 1.94 bits per heavy atom. The van der Waals surface area contributed by atoms with Crippen LogP contribution in [0.2, 0.25) is 0 Å². The van der Waals surface area contributed by atoms with Gasteiger partial charge in [0.25, 0.3) is 5.56 Å². The topological polar surface area (TPSA) is 45.8 Å². The minimum absolute atomic E-state index is 0.131. The van der Waals surface area contributed by atoms with Gasteiger partial charge in [0.15, 0.2) is 0 Å². The Balaban J connectivity index is 2.36. The van der Waals surface area contributed by atoms with Gasteiger partial charge in [-0.3, -0.25) is 4.79 Å². The molecule has 1 aromatic heterocycles. The second-order valence-corrected chi connectivity index (χ2v) is 5.56. The summed E-state index contributed by atoms with van der Waals surface area (Å²) in [6.45, 7) is 0. The zero-order chi connectivity index (χ0) is 13.3. The number of nitrogens with one attached hydrogen (secondary N) is 1. The average Bonchev–Trinajstić information content (AvgIpc) is 2.74. The normalized spacial score (nSPS) is 17.3. The third-order valence-electron chi connectivity index (χ3n) is 3.05. The van der Waals surface area contributed by atoms with Gasteiger partial charge in [-0.05, 0) is 35.4 Å². The molecule has 0 aliphatic heterocycles. The molecular weight excluding hydrogens is 360 g/mol. The molecule has 1 aliphatic carbocycles. The van der Waals surface area contributed by atoms with Crippen molar-refractivity contribution in [3.05, 3.63) is 25.4 Å². The van der Waals surface area contributed by atoms with Crippen LogP contribution in [0.5, 0.6) is 0 Å². The van der Waals surface area contributed by atoms with Crippen molar-refractivity contribution < 1.29 is 13.2 Å². The van der Waals surface area contributed by atoms with E-state index in [1.54, 1.807) is 0 Å². The van der Waals surface area contributed by atoms with Crippen LogP contribution in [0, 0.1) is 3.57 Å². The summed E-state index contributed by atoms with van der Waals surface area (Å²) in [5, 5.41) is 0. The Labute approximate surface area is 115 Å². The third kappa shape index (κ3) is 3.24. The highest BCUT2D eigenvalue weighted by Gasteiger charge is 2.30.